The SMILES string of the molecule is CC(=O)C(C)(F)C(=O)O.COC(=O)C(F)C(C)=O. The van der Waals surface area contributed by atoms with E-state index in [-0.39, 0.29) is 0 Å². The Hall–Kier alpha value is -1.86. The third kappa shape index (κ3) is 6.02. The highest BCUT2D eigenvalue weighted by Gasteiger charge is 2.38. The number of hydrogen-bond donors (Lipinski definition) is 1. The molecule has 1 N–H and O–H groups in total. The van der Waals surface area contributed by atoms with Crippen LogP contribution in [0, 0.1) is 0 Å². The van der Waals surface area contributed by atoms with Crippen molar-refractivity contribution in [2.75, 3.05) is 7.11 Å². The average Bonchev–Trinajstić information content (AvgIpc) is 2.27. The molecule has 0 aromatic heterocycles. The molecule has 0 radical (unpaired) electrons. The topological polar surface area (TPSA) is 97.7 Å². The van der Waals surface area contributed by atoms with Crippen molar-refractivity contribution in [3.63, 3.8) is 0 Å². The summed E-state index contributed by atoms with van der Waals surface area (Å²) in [7, 11) is 1.03. The Bertz CT molecular complexity index is 332. The van der Waals surface area contributed by atoms with Gasteiger partial charge in [0.05, 0.1) is 7.11 Å². The summed E-state index contributed by atoms with van der Waals surface area (Å²) in [4.78, 5) is 40.2. The lowest BCUT2D eigenvalue weighted by molar-refractivity contribution is -0.155. The predicted molar refractivity (Wildman–Crippen MR) is 55.4 cm³/mol. The first kappa shape index (κ1) is 18.5. The summed E-state index contributed by atoms with van der Waals surface area (Å²) < 4.78 is 28.4. The van der Waals surface area contributed by atoms with Crippen molar-refractivity contribution in [3.8, 4) is 0 Å². The van der Waals surface area contributed by atoms with Crippen LogP contribution in [-0.2, 0) is 23.9 Å². The van der Waals surface area contributed by atoms with Crippen LogP contribution in [0.25, 0.3) is 0 Å². The number of carboxylic acid groups (broad SMARTS) is 1. The first-order chi connectivity index (χ1) is 7.98. The molecule has 0 aromatic rings. The van der Waals surface area contributed by atoms with Gasteiger partial charge in [0.1, 0.15) is 0 Å². The van der Waals surface area contributed by atoms with Crippen LogP contribution in [0.4, 0.5) is 8.78 Å². The molecular weight excluding hydrogens is 254 g/mol. The second-order valence-electron chi connectivity index (χ2n) is 3.36. The summed E-state index contributed by atoms with van der Waals surface area (Å²) in [6.45, 7) is 2.60. The lowest BCUT2D eigenvalue weighted by Crippen LogP contribution is -2.37. The Morgan fingerprint density at radius 3 is 1.67 bits per heavy atom. The van der Waals surface area contributed by atoms with Crippen LogP contribution in [0.2, 0.25) is 0 Å². The highest BCUT2D eigenvalue weighted by atomic mass is 19.1. The number of carbonyl (C=O) groups excluding carboxylic acids is 3. The molecule has 0 aromatic carbocycles. The summed E-state index contributed by atoms with van der Waals surface area (Å²) in [5.41, 5.74) is -2.72. The molecule has 0 heterocycles. The molecule has 0 aliphatic carbocycles. The maximum absolute atomic E-state index is 12.4. The van der Waals surface area contributed by atoms with Crippen LogP contribution in [-0.4, -0.2) is 47.6 Å². The number of rotatable bonds is 4. The third-order valence-electron chi connectivity index (χ3n) is 1.83. The summed E-state index contributed by atoms with van der Waals surface area (Å²) in [5, 5.41) is 8.02. The van der Waals surface area contributed by atoms with Crippen LogP contribution in [0.1, 0.15) is 20.8 Å². The minimum absolute atomic E-state index is 0.720. The molecule has 18 heavy (non-hydrogen) atoms. The van der Waals surface area contributed by atoms with E-state index in [1.165, 1.54) is 0 Å². The Morgan fingerprint density at radius 1 is 1.22 bits per heavy atom. The number of carboxylic acids is 1. The molecule has 0 spiro atoms. The van der Waals surface area contributed by atoms with Crippen molar-refractivity contribution in [2.24, 2.45) is 0 Å². The van der Waals surface area contributed by atoms with Crippen molar-refractivity contribution < 1.29 is 37.8 Å². The van der Waals surface area contributed by atoms with E-state index in [0.29, 0.717) is 0 Å². The number of esters is 1. The van der Waals surface area contributed by atoms with Gasteiger partial charge in [-0.1, -0.05) is 0 Å². The van der Waals surface area contributed by atoms with E-state index in [2.05, 4.69) is 4.74 Å². The number of ether oxygens (including phenoxy) is 1. The van der Waals surface area contributed by atoms with Gasteiger partial charge >= 0.3 is 11.9 Å². The van der Waals surface area contributed by atoms with E-state index in [4.69, 9.17) is 5.11 Å². The Morgan fingerprint density at radius 2 is 1.61 bits per heavy atom. The predicted octanol–water partition coefficient (Wildman–Crippen LogP) is 0.475. The molecule has 0 saturated heterocycles. The van der Waals surface area contributed by atoms with Crippen LogP contribution >= 0.6 is 0 Å². The Kier molecular flexibility index (Phi) is 7.67. The molecule has 0 saturated carbocycles. The minimum Gasteiger partial charge on any atom is -0.479 e. The molecule has 8 heteroatoms. The van der Waals surface area contributed by atoms with Gasteiger partial charge < -0.3 is 9.84 Å². The first-order valence-corrected chi connectivity index (χ1v) is 4.64. The lowest BCUT2D eigenvalue weighted by atomic mass is 10.1. The Balaban J connectivity index is 0. The van der Waals surface area contributed by atoms with Crippen molar-refractivity contribution in [1.29, 1.82) is 0 Å². The molecule has 0 rings (SSSR count). The van der Waals surface area contributed by atoms with E-state index >= 15 is 0 Å². The molecule has 0 aliphatic rings. The smallest absolute Gasteiger partial charge is 0.349 e. The standard InChI is InChI=1S/2C5H7FO3/c1-3(7)5(2,6)4(8)9;1-3(7)4(6)5(8)9-2/h1-2H3,(H,8,9);4H,1-2H3. The summed E-state index contributed by atoms with van der Waals surface area (Å²) in [6.07, 6.45) is -2.12. The fourth-order valence-corrected chi connectivity index (χ4v) is 0.420. The van der Waals surface area contributed by atoms with Gasteiger partial charge in [0, 0.05) is 0 Å². The van der Waals surface area contributed by atoms with Gasteiger partial charge in [-0.25, -0.2) is 18.4 Å². The lowest BCUT2D eigenvalue weighted by Gasteiger charge is -2.08. The van der Waals surface area contributed by atoms with E-state index in [1.54, 1.807) is 0 Å². The summed E-state index contributed by atoms with van der Waals surface area (Å²) in [5.74, 6) is -4.70. The van der Waals surface area contributed by atoms with Crippen LogP contribution < -0.4 is 0 Å². The molecule has 6 nitrogen and oxygen atoms in total. The number of Topliss-reactive ketones (excluding diaryl/α,β-unsaturated/α-hetero) is 2. The quantitative estimate of drug-likeness (QED) is 0.588. The van der Waals surface area contributed by atoms with E-state index in [0.717, 1.165) is 27.9 Å². The zero-order valence-corrected chi connectivity index (χ0v) is 10.3. The second-order valence-corrected chi connectivity index (χ2v) is 3.36. The maximum atomic E-state index is 12.4. The summed E-state index contributed by atoms with van der Waals surface area (Å²) in [6, 6.07) is 0. The number of carbonyl (C=O) groups is 4. The van der Waals surface area contributed by atoms with Gasteiger partial charge in [-0.2, -0.15) is 0 Å². The van der Waals surface area contributed by atoms with Gasteiger partial charge in [0.15, 0.2) is 11.6 Å². The largest absolute Gasteiger partial charge is 0.479 e. The minimum atomic E-state index is -2.72. The molecule has 0 bridgehead atoms. The maximum Gasteiger partial charge on any atom is 0.349 e. The average molecular weight is 268 g/mol. The normalized spacial score (nSPS) is 14.3. The van der Waals surface area contributed by atoms with Crippen molar-refractivity contribution in [1.82, 2.24) is 0 Å². The number of halogens is 2. The number of aliphatic carboxylic acids is 1. The molecule has 2 unspecified atom stereocenters. The summed E-state index contributed by atoms with van der Waals surface area (Å²) >= 11 is 0. The number of hydrogen-bond acceptors (Lipinski definition) is 5. The zero-order chi connectivity index (χ0) is 15.1. The van der Waals surface area contributed by atoms with Crippen LogP contribution in [0.3, 0.4) is 0 Å². The third-order valence-corrected chi connectivity index (χ3v) is 1.83. The van der Waals surface area contributed by atoms with Gasteiger partial charge in [-0.05, 0) is 20.8 Å². The monoisotopic (exact) mass is 268 g/mol. The molecular formula is C10H14F2O6. The highest BCUT2D eigenvalue weighted by molar-refractivity contribution is 6.04. The van der Waals surface area contributed by atoms with Gasteiger partial charge in [-0.3, -0.25) is 9.59 Å². The number of methoxy groups -OCH3 is 1. The molecule has 104 valence electrons. The van der Waals surface area contributed by atoms with Crippen molar-refractivity contribution in [2.45, 2.75) is 32.6 Å². The number of ketones is 2. The second kappa shape index (κ2) is 7.46. The van der Waals surface area contributed by atoms with Gasteiger partial charge in [-0.15, -0.1) is 0 Å². The molecule has 0 aliphatic heterocycles. The highest BCUT2D eigenvalue weighted by Crippen LogP contribution is 2.10. The van der Waals surface area contributed by atoms with Crippen molar-refractivity contribution >= 4 is 23.5 Å². The zero-order valence-electron chi connectivity index (χ0n) is 10.3. The number of alkyl halides is 2. The van der Waals surface area contributed by atoms with Crippen LogP contribution in [0.15, 0.2) is 0 Å². The Labute approximate surface area is 102 Å². The van der Waals surface area contributed by atoms with Crippen LogP contribution in [0.5, 0.6) is 0 Å². The fraction of sp³-hybridized carbons (Fsp3) is 0.600. The van der Waals surface area contributed by atoms with Gasteiger partial charge in [0.25, 0.3) is 11.8 Å². The van der Waals surface area contributed by atoms with E-state index < -0.39 is 35.3 Å². The molecule has 0 amide bonds. The first-order valence-electron chi connectivity index (χ1n) is 4.64. The molecule has 0 fully saturated rings. The van der Waals surface area contributed by atoms with Crippen molar-refractivity contribution in [3.05, 3.63) is 0 Å². The van der Waals surface area contributed by atoms with Gasteiger partial charge in [0.2, 0.25) is 0 Å². The van der Waals surface area contributed by atoms with E-state index in [1.807, 2.05) is 0 Å². The van der Waals surface area contributed by atoms with E-state index in [9.17, 15) is 28.0 Å². The fourth-order valence-electron chi connectivity index (χ4n) is 0.420. The molecule has 2 atom stereocenters.